The van der Waals surface area contributed by atoms with Crippen LogP contribution in [-0.2, 0) is 42.9 Å². The maximum absolute atomic E-state index is 13.7. The lowest BCUT2D eigenvalue weighted by Crippen LogP contribution is -2.68. The van der Waals surface area contributed by atoms with Crippen LogP contribution < -0.4 is 0 Å². The first-order valence-electron chi connectivity index (χ1n) is 17.6. The summed E-state index contributed by atoms with van der Waals surface area (Å²) in [5, 5.41) is 0. The summed E-state index contributed by atoms with van der Waals surface area (Å²) in [5.74, 6) is -2.21. The fourth-order valence-electron chi connectivity index (χ4n) is 5.41. The molecule has 3 heterocycles. The van der Waals surface area contributed by atoms with Gasteiger partial charge >= 0.3 is 23.9 Å². The third-order valence-electron chi connectivity index (χ3n) is 8.52. The van der Waals surface area contributed by atoms with Crippen molar-refractivity contribution < 1.29 is 42.9 Å². The van der Waals surface area contributed by atoms with Gasteiger partial charge in [-0.15, -0.1) is 0 Å². The Morgan fingerprint density at radius 2 is 1.22 bits per heavy atom. The number of esters is 4. The fraction of sp³-hybridized carbons (Fsp3) is 0.737. The molecule has 2 aliphatic rings. The van der Waals surface area contributed by atoms with Crippen molar-refractivity contribution in [3.05, 3.63) is 30.4 Å². The maximum atomic E-state index is 13.7. The van der Waals surface area contributed by atoms with E-state index in [1.165, 1.54) is 6.33 Å². The van der Waals surface area contributed by atoms with E-state index < -0.39 is 76.2 Å². The molecule has 0 N–H and O–H groups in total. The first-order chi connectivity index (χ1) is 22.9. The van der Waals surface area contributed by atoms with Crippen molar-refractivity contribution in [3.63, 3.8) is 0 Å². The van der Waals surface area contributed by atoms with Crippen LogP contribution in [0, 0.1) is 21.7 Å². The second-order valence-corrected chi connectivity index (χ2v) is 17.5. The lowest BCUT2D eigenvalue weighted by Gasteiger charge is -2.51. The van der Waals surface area contributed by atoms with E-state index in [1.54, 1.807) is 95.5 Å². The Morgan fingerprint density at radius 3 is 1.70 bits per heavy atom. The predicted octanol–water partition coefficient (Wildman–Crippen LogP) is 5.92. The van der Waals surface area contributed by atoms with Gasteiger partial charge in [0, 0.05) is 30.5 Å². The number of carbonyl (C=O) groups is 4. The zero-order chi connectivity index (χ0) is 37.8. The van der Waals surface area contributed by atoms with Crippen LogP contribution in [0.4, 0.5) is 0 Å². The summed E-state index contributed by atoms with van der Waals surface area (Å²) in [4.78, 5) is 64.4. The molecule has 3 rings (SSSR count). The summed E-state index contributed by atoms with van der Waals surface area (Å²) in [6.07, 6.45) is 3.50. The number of ether oxygens (including phenoxy) is 5. The molecule has 0 aliphatic carbocycles. The molecule has 0 aromatic carbocycles. The second kappa shape index (κ2) is 15.9. The normalized spacial score (nSPS) is 25.3. The molecule has 0 spiro atoms. The van der Waals surface area contributed by atoms with E-state index in [0.29, 0.717) is 13.0 Å². The summed E-state index contributed by atoms with van der Waals surface area (Å²) in [5.41, 5.74) is -1.67. The molecule has 1 aromatic rings. The minimum Gasteiger partial charge on any atom is -0.462 e. The van der Waals surface area contributed by atoms with Gasteiger partial charge in [-0.1, -0.05) is 19.4 Å². The SMILES string of the molecule is CCC[C@@H]1CC(c2cncnc2)=CCN1[C@@H]1O[C@H](COC(=O)C(C)(C)C)[C@H](OC(=O)C(C)(C)C)[C@H](OC(=O)C(C)(C)C)[C@H]1OC(=O)C(C)(C)C. The Hall–Kier alpha value is -3.38. The van der Waals surface area contributed by atoms with E-state index in [2.05, 4.69) is 27.9 Å². The van der Waals surface area contributed by atoms with E-state index >= 15 is 0 Å². The number of carbonyl (C=O) groups excluding carboxylic acids is 4. The van der Waals surface area contributed by atoms with Gasteiger partial charge in [0.2, 0.25) is 0 Å². The Morgan fingerprint density at radius 1 is 0.740 bits per heavy atom. The van der Waals surface area contributed by atoms with Crippen molar-refractivity contribution in [3.8, 4) is 0 Å². The van der Waals surface area contributed by atoms with Gasteiger partial charge in [0.25, 0.3) is 0 Å². The molecule has 0 bridgehead atoms. The van der Waals surface area contributed by atoms with Crippen LogP contribution >= 0.6 is 0 Å². The Balaban J connectivity index is 2.23. The van der Waals surface area contributed by atoms with Crippen LogP contribution in [0.25, 0.3) is 5.57 Å². The van der Waals surface area contributed by atoms with Crippen LogP contribution in [0.5, 0.6) is 0 Å². The molecule has 6 atom stereocenters. The molecule has 0 radical (unpaired) electrons. The van der Waals surface area contributed by atoms with Gasteiger partial charge in [-0.25, -0.2) is 9.97 Å². The molecule has 0 amide bonds. The van der Waals surface area contributed by atoms with Gasteiger partial charge in [-0.05, 0) is 101 Å². The predicted molar refractivity (Wildman–Crippen MR) is 187 cm³/mol. The van der Waals surface area contributed by atoms with E-state index in [9.17, 15) is 19.2 Å². The largest absolute Gasteiger partial charge is 0.462 e. The van der Waals surface area contributed by atoms with Gasteiger partial charge < -0.3 is 23.7 Å². The molecule has 1 fully saturated rings. The molecule has 280 valence electrons. The second-order valence-electron chi connectivity index (χ2n) is 17.5. The molecule has 12 nitrogen and oxygen atoms in total. The highest BCUT2D eigenvalue weighted by Crippen LogP contribution is 2.38. The third kappa shape index (κ3) is 10.6. The van der Waals surface area contributed by atoms with E-state index in [4.69, 9.17) is 23.7 Å². The van der Waals surface area contributed by atoms with Crippen LogP contribution in [0.1, 0.15) is 115 Å². The number of hydrogen-bond donors (Lipinski definition) is 0. The summed E-state index contributed by atoms with van der Waals surface area (Å²) in [6, 6.07) is -0.0912. The van der Waals surface area contributed by atoms with Gasteiger partial charge in [0.15, 0.2) is 24.5 Å². The molecular weight excluding hydrogens is 642 g/mol. The average Bonchev–Trinajstić information content (AvgIpc) is 3.00. The standard InChI is InChI=1S/C38H59N3O9/c1-14-15-25-18-23(24-19-39-22-40-20-24)16-17-41(25)30-29(50-34(45)38(11,12)13)28(49-33(44)37(8,9)10)27(48-32(43)36(5,6)7)26(47-30)21-46-31(42)35(2,3)4/h16,19-20,22,25-30H,14-15,17-18,21H2,1-13H3/t25-,26-,27+,28+,29-,30-/m1/s1. The summed E-state index contributed by atoms with van der Waals surface area (Å²) >= 11 is 0. The van der Waals surface area contributed by atoms with Crippen molar-refractivity contribution >= 4 is 29.5 Å². The number of nitrogens with zero attached hydrogens (tertiary/aromatic N) is 3. The molecule has 12 heteroatoms. The summed E-state index contributed by atoms with van der Waals surface area (Å²) in [7, 11) is 0. The number of hydrogen-bond acceptors (Lipinski definition) is 12. The lowest BCUT2D eigenvalue weighted by molar-refractivity contribution is -0.287. The highest BCUT2D eigenvalue weighted by molar-refractivity contribution is 5.78. The lowest BCUT2D eigenvalue weighted by atomic mass is 9.89. The zero-order valence-electron chi connectivity index (χ0n) is 32.3. The van der Waals surface area contributed by atoms with Crippen molar-refractivity contribution in [2.45, 2.75) is 146 Å². The zero-order valence-corrected chi connectivity index (χ0v) is 32.3. The van der Waals surface area contributed by atoms with Gasteiger partial charge in [0.1, 0.15) is 19.0 Å². The van der Waals surface area contributed by atoms with Gasteiger partial charge in [0.05, 0.1) is 21.7 Å². The number of rotatable bonds is 9. The van der Waals surface area contributed by atoms with E-state index in [-0.39, 0.29) is 12.6 Å². The number of aromatic nitrogens is 2. The topological polar surface area (TPSA) is 143 Å². The smallest absolute Gasteiger partial charge is 0.311 e. The van der Waals surface area contributed by atoms with E-state index in [1.807, 2.05) is 0 Å². The molecule has 1 saturated heterocycles. The summed E-state index contributed by atoms with van der Waals surface area (Å²) in [6.45, 7) is 22.8. The van der Waals surface area contributed by atoms with Crippen LogP contribution in [0.15, 0.2) is 24.8 Å². The van der Waals surface area contributed by atoms with Gasteiger partial charge in [-0.3, -0.25) is 24.1 Å². The van der Waals surface area contributed by atoms with Crippen LogP contribution in [0.2, 0.25) is 0 Å². The molecule has 2 aliphatic heterocycles. The molecule has 50 heavy (non-hydrogen) atoms. The van der Waals surface area contributed by atoms with Crippen LogP contribution in [-0.4, -0.2) is 88.6 Å². The minimum absolute atomic E-state index is 0.0912. The molecule has 0 unspecified atom stereocenters. The van der Waals surface area contributed by atoms with Crippen molar-refractivity contribution in [2.24, 2.45) is 21.7 Å². The highest BCUT2D eigenvalue weighted by Gasteiger charge is 2.56. The van der Waals surface area contributed by atoms with Gasteiger partial charge in [-0.2, -0.15) is 0 Å². The monoisotopic (exact) mass is 701 g/mol. The van der Waals surface area contributed by atoms with Crippen LogP contribution in [0.3, 0.4) is 0 Å². The highest BCUT2D eigenvalue weighted by atomic mass is 16.7. The first-order valence-corrected chi connectivity index (χ1v) is 17.6. The van der Waals surface area contributed by atoms with Crippen molar-refractivity contribution in [1.82, 2.24) is 14.9 Å². The molecular formula is C38H59N3O9. The fourth-order valence-corrected chi connectivity index (χ4v) is 5.41. The Kier molecular flexibility index (Phi) is 13.0. The van der Waals surface area contributed by atoms with Crippen molar-refractivity contribution in [1.29, 1.82) is 0 Å². The summed E-state index contributed by atoms with van der Waals surface area (Å²) < 4.78 is 31.2. The third-order valence-corrected chi connectivity index (χ3v) is 8.52. The van der Waals surface area contributed by atoms with Crippen molar-refractivity contribution in [2.75, 3.05) is 13.2 Å². The Labute approximate surface area is 298 Å². The molecule has 1 aromatic heterocycles. The Bertz CT molecular complexity index is 1380. The maximum Gasteiger partial charge on any atom is 0.311 e. The minimum atomic E-state index is -1.30. The quantitative estimate of drug-likeness (QED) is 0.223. The average molecular weight is 702 g/mol. The van der Waals surface area contributed by atoms with E-state index in [0.717, 1.165) is 24.0 Å². The first kappa shape index (κ1) is 41.0. The molecule has 0 saturated carbocycles.